The average Bonchev–Trinajstić information content (AvgIpc) is 3.41. The fraction of sp³-hybridized carbons (Fsp3) is 0.600. The maximum atomic E-state index is 12.6. The van der Waals surface area contributed by atoms with Crippen molar-refractivity contribution < 1.29 is 9.59 Å². The molecule has 0 heterocycles. The second-order valence-electron chi connectivity index (χ2n) is 7.03. The van der Waals surface area contributed by atoms with Crippen molar-refractivity contribution in [3.8, 4) is 0 Å². The van der Waals surface area contributed by atoms with Gasteiger partial charge in [-0.15, -0.1) is 0 Å². The molecule has 2 amide bonds. The normalized spacial score (nSPS) is 14.0. The van der Waals surface area contributed by atoms with E-state index in [9.17, 15) is 9.59 Å². The van der Waals surface area contributed by atoms with Gasteiger partial charge in [-0.1, -0.05) is 19.1 Å². The van der Waals surface area contributed by atoms with Gasteiger partial charge in [0.15, 0.2) is 0 Å². The smallest absolute Gasteiger partial charge is 0.254 e. The summed E-state index contributed by atoms with van der Waals surface area (Å²) in [6, 6.07) is 8.62. The first-order chi connectivity index (χ1) is 11.9. The first-order valence-electron chi connectivity index (χ1n) is 9.36. The van der Waals surface area contributed by atoms with E-state index in [2.05, 4.69) is 17.1 Å². The van der Waals surface area contributed by atoms with Gasteiger partial charge in [0.1, 0.15) is 0 Å². The van der Waals surface area contributed by atoms with E-state index in [4.69, 9.17) is 0 Å². The maximum Gasteiger partial charge on any atom is 0.254 e. The van der Waals surface area contributed by atoms with Crippen LogP contribution >= 0.6 is 0 Å². The molecule has 0 spiro atoms. The topological polar surface area (TPSA) is 52.7 Å². The van der Waals surface area contributed by atoms with Gasteiger partial charge >= 0.3 is 0 Å². The lowest BCUT2D eigenvalue weighted by molar-refractivity contribution is -0.122. The van der Waals surface area contributed by atoms with Crippen molar-refractivity contribution in [2.75, 3.05) is 19.6 Å². The first kappa shape index (κ1) is 19.4. The molecule has 0 atom stereocenters. The number of hydrogen-bond acceptors (Lipinski definition) is 3. The molecular weight excluding hydrogens is 314 g/mol. The number of carbonyl (C=O) groups excluding carboxylic acids is 2. The molecule has 5 heteroatoms. The van der Waals surface area contributed by atoms with Gasteiger partial charge in [0, 0.05) is 30.7 Å². The van der Waals surface area contributed by atoms with Gasteiger partial charge in [0.2, 0.25) is 5.91 Å². The van der Waals surface area contributed by atoms with Crippen molar-refractivity contribution in [2.24, 2.45) is 0 Å². The predicted octanol–water partition coefficient (Wildman–Crippen LogP) is 2.66. The minimum Gasteiger partial charge on any atom is -0.352 e. The van der Waals surface area contributed by atoms with Crippen molar-refractivity contribution in [1.82, 2.24) is 15.1 Å². The minimum absolute atomic E-state index is 0.0774. The Morgan fingerprint density at radius 1 is 1.12 bits per heavy atom. The summed E-state index contributed by atoms with van der Waals surface area (Å²) < 4.78 is 0. The molecule has 1 saturated carbocycles. The molecule has 5 nitrogen and oxygen atoms in total. The fourth-order valence-corrected chi connectivity index (χ4v) is 2.98. The number of benzene rings is 1. The predicted molar refractivity (Wildman–Crippen MR) is 100 cm³/mol. The summed E-state index contributed by atoms with van der Waals surface area (Å²) in [6.07, 6.45) is 2.60. The quantitative estimate of drug-likeness (QED) is 0.749. The van der Waals surface area contributed by atoms with Crippen LogP contribution in [0.4, 0.5) is 0 Å². The molecule has 25 heavy (non-hydrogen) atoms. The van der Waals surface area contributed by atoms with Crippen LogP contribution in [0, 0.1) is 0 Å². The van der Waals surface area contributed by atoms with Gasteiger partial charge < -0.3 is 10.2 Å². The Hall–Kier alpha value is -1.88. The highest BCUT2D eigenvalue weighted by molar-refractivity contribution is 5.96. The van der Waals surface area contributed by atoms with Crippen molar-refractivity contribution in [1.29, 1.82) is 0 Å². The van der Waals surface area contributed by atoms with Crippen LogP contribution < -0.4 is 5.32 Å². The van der Waals surface area contributed by atoms with Crippen LogP contribution in [-0.2, 0) is 11.3 Å². The Morgan fingerprint density at radius 3 is 2.24 bits per heavy atom. The maximum absolute atomic E-state index is 12.6. The largest absolute Gasteiger partial charge is 0.352 e. The summed E-state index contributed by atoms with van der Waals surface area (Å²) in [4.78, 5) is 28.6. The van der Waals surface area contributed by atoms with Crippen molar-refractivity contribution in [2.45, 2.75) is 59.2 Å². The molecule has 2 rings (SSSR count). The number of amides is 2. The van der Waals surface area contributed by atoms with E-state index in [0.717, 1.165) is 19.1 Å². The van der Waals surface area contributed by atoms with E-state index in [1.54, 1.807) is 4.90 Å². The number of hydrogen-bond donors (Lipinski definition) is 1. The van der Waals surface area contributed by atoms with Gasteiger partial charge in [-0.05, 0) is 57.9 Å². The second-order valence-corrected chi connectivity index (χ2v) is 7.03. The molecule has 0 aliphatic heterocycles. The highest BCUT2D eigenvalue weighted by Crippen LogP contribution is 2.27. The van der Waals surface area contributed by atoms with E-state index >= 15 is 0 Å². The van der Waals surface area contributed by atoms with Crippen LogP contribution in [-0.4, -0.2) is 53.3 Å². The molecule has 0 bridgehead atoms. The lowest BCUT2D eigenvalue weighted by Gasteiger charge is -2.22. The molecule has 138 valence electrons. The Balaban J connectivity index is 1.96. The fourth-order valence-electron chi connectivity index (χ4n) is 2.98. The first-order valence-corrected chi connectivity index (χ1v) is 9.36. The third-order valence-electron chi connectivity index (χ3n) is 4.51. The van der Waals surface area contributed by atoms with Crippen LogP contribution in [0.2, 0.25) is 0 Å². The third-order valence-corrected chi connectivity index (χ3v) is 4.51. The Bertz CT molecular complexity index is 579. The molecule has 0 saturated heterocycles. The monoisotopic (exact) mass is 345 g/mol. The number of carbonyl (C=O) groups is 2. The van der Waals surface area contributed by atoms with Gasteiger partial charge in [-0.3, -0.25) is 14.5 Å². The summed E-state index contributed by atoms with van der Waals surface area (Å²) in [5.41, 5.74) is 1.86. The molecular formula is C20H31N3O2. The van der Waals surface area contributed by atoms with E-state index < -0.39 is 0 Å². The van der Waals surface area contributed by atoms with E-state index in [-0.39, 0.29) is 24.4 Å². The molecule has 1 aromatic carbocycles. The van der Waals surface area contributed by atoms with Gasteiger partial charge in [-0.25, -0.2) is 0 Å². The Labute approximate surface area is 151 Å². The summed E-state index contributed by atoms with van der Waals surface area (Å²) in [7, 11) is 0. The zero-order valence-corrected chi connectivity index (χ0v) is 15.9. The average molecular weight is 345 g/mol. The van der Waals surface area contributed by atoms with E-state index in [1.165, 1.54) is 18.4 Å². The lowest BCUT2D eigenvalue weighted by atomic mass is 10.1. The number of rotatable bonds is 9. The molecule has 1 aliphatic rings. The summed E-state index contributed by atoms with van der Waals surface area (Å²) in [6.45, 7) is 10.5. The second kappa shape index (κ2) is 8.99. The van der Waals surface area contributed by atoms with Crippen LogP contribution in [0.15, 0.2) is 24.3 Å². The van der Waals surface area contributed by atoms with Crippen LogP contribution in [0.25, 0.3) is 0 Å². The Kier molecular flexibility index (Phi) is 7.00. The molecule has 1 aliphatic carbocycles. The van der Waals surface area contributed by atoms with Gasteiger partial charge in [0.25, 0.3) is 5.91 Å². The minimum atomic E-state index is -0.121. The summed E-state index contributed by atoms with van der Waals surface area (Å²) in [5.74, 6) is -0.215. The number of likely N-dealkylation sites (N-methyl/N-ethyl adjacent to an activating group) is 1. The molecule has 1 N–H and O–H groups in total. The van der Waals surface area contributed by atoms with E-state index in [0.29, 0.717) is 12.1 Å². The van der Waals surface area contributed by atoms with Crippen molar-refractivity contribution in [3.05, 3.63) is 35.4 Å². The zero-order valence-electron chi connectivity index (χ0n) is 15.9. The van der Waals surface area contributed by atoms with Crippen LogP contribution in [0.3, 0.4) is 0 Å². The third kappa shape index (κ3) is 5.85. The summed E-state index contributed by atoms with van der Waals surface area (Å²) >= 11 is 0. The standard InChI is InChI=1S/C20H31N3O2/c1-5-22(18-11-12-18)13-16-7-9-17(10-8-16)20(25)23(6-2)14-19(24)21-15(3)4/h7-10,15,18H,5-6,11-14H2,1-4H3,(H,21,24). The van der Waals surface area contributed by atoms with Gasteiger partial charge in [0.05, 0.1) is 6.54 Å². The summed E-state index contributed by atoms with van der Waals surface area (Å²) in [5, 5.41) is 2.83. The molecule has 0 radical (unpaired) electrons. The van der Waals surface area contributed by atoms with Crippen molar-refractivity contribution >= 4 is 11.8 Å². The van der Waals surface area contributed by atoms with E-state index in [1.807, 2.05) is 45.0 Å². The van der Waals surface area contributed by atoms with Crippen LogP contribution in [0.5, 0.6) is 0 Å². The zero-order chi connectivity index (χ0) is 18.4. The number of nitrogens with zero attached hydrogens (tertiary/aromatic N) is 2. The molecule has 1 aromatic rings. The molecule has 1 fully saturated rings. The highest BCUT2D eigenvalue weighted by Gasteiger charge is 2.27. The lowest BCUT2D eigenvalue weighted by Crippen LogP contribution is -2.42. The van der Waals surface area contributed by atoms with Gasteiger partial charge in [-0.2, -0.15) is 0 Å². The molecule has 0 aromatic heterocycles. The number of nitrogens with one attached hydrogen (secondary N) is 1. The van der Waals surface area contributed by atoms with Crippen molar-refractivity contribution in [3.63, 3.8) is 0 Å². The highest BCUT2D eigenvalue weighted by atomic mass is 16.2. The SMILES string of the molecule is CCN(CC(=O)NC(C)C)C(=O)c1ccc(CN(CC)C2CC2)cc1. The molecule has 0 unspecified atom stereocenters. The Morgan fingerprint density at radius 2 is 1.76 bits per heavy atom. The van der Waals surface area contributed by atoms with Crippen LogP contribution in [0.1, 0.15) is 56.5 Å².